The average molecular weight is 338 g/mol. The van der Waals surface area contributed by atoms with Crippen LogP contribution in [0.4, 0.5) is 4.79 Å². The van der Waals surface area contributed by atoms with Crippen LogP contribution in [0.3, 0.4) is 0 Å². The van der Waals surface area contributed by atoms with Gasteiger partial charge in [-0.2, -0.15) is 5.10 Å². The number of hydrazone groups is 1. The fraction of sp³-hybridized carbons (Fsp3) is 0.0714. The van der Waals surface area contributed by atoms with Gasteiger partial charge in [0.15, 0.2) is 0 Å². The number of hydrogen-bond donors (Lipinski definition) is 1. The van der Waals surface area contributed by atoms with Crippen molar-refractivity contribution in [2.75, 3.05) is 6.54 Å². The summed E-state index contributed by atoms with van der Waals surface area (Å²) in [5.74, 6) is 0.633. The van der Waals surface area contributed by atoms with Crippen molar-refractivity contribution in [1.29, 1.82) is 0 Å². The molecule has 0 aliphatic carbocycles. The van der Waals surface area contributed by atoms with Crippen LogP contribution in [0.25, 0.3) is 11.3 Å². The molecule has 0 spiro atoms. The van der Waals surface area contributed by atoms with Gasteiger partial charge in [-0.3, -0.25) is 10.1 Å². The molecular formula is C14H9Cl2N3O3. The lowest BCUT2D eigenvalue weighted by atomic mass is 10.2. The maximum atomic E-state index is 11.3. The number of amides is 3. The first-order valence-corrected chi connectivity index (χ1v) is 6.99. The molecule has 1 aliphatic heterocycles. The van der Waals surface area contributed by atoms with Crippen LogP contribution in [0.5, 0.6) is 0 Å². The fourth-order valence-electron chi connectivity index (χ4n) is 1.88. The highest BCUT2D eigenvalue weighted by Crippen LogP contribution is 2.29. The molecule has 8 heteroatoms. The van der Waals surface area contributed by atoms with Crippen molar-refractivity contribution in [3.05, 3.63) is 46.1 Å². The third kappa shape index (κ3) is 2.98. The summed E-state index contributed by atoms with van der Waals surface area (Å²) in [4.78, 5) is 22.4. The highest BCUT2D eigenvalue weighted by Gasteiger charge is 2.26. The zero-order valence-corrected chi connectivity index (χ0v) is 12.6. The van der Waals surface area contributed by atoms with Crippen LogP contribution in [0.2, 0.25) is 10.0 Å². The molecule has 3 amide bonds. The van der Waals surface area contributed by atoms with Crippen molar-refractivity contribution < 1.29 is 14.0 Å². The smallest absolute Gasteiger partial charge is 0.344 e. The second kappa shape index (κ2) is 5.82. The number of halogens is 2. The Morgan fingerprint density at radius 2 is 2.00 bits per heavy atom. The topological polar surface area (TPSA) is 74.9 Å². The first-order valence-electron chi connectivity index (χ1n) is 6.23. The first-order chi connectivity index (χ1) is 10.5. The summed E-state index contributed by atoms with van der Waals surface area (Å²) >= 11 is 11.8. The predicted molar refractivity (Wildman–Crippen MR) is 82.0 cm³/mol. The van der Waals surface area contributed by atoms with Crippen LogP contribution in [0.1, 0.15) is 5.76 Å². The largest absolute Gasteiger partial charge is 0.455 e. The molecular weight excluding hydrogens is 329 g/mol. The minimum absolute atomic E-state index is 0.101. The molecule has 0 atom stereocenters. The van der Waals surface area contributed by atoms with Crippen LogP contribution >= 0.6 is 23.2 Å². The lowest BCUT2D eigenvalue weighted by molar-refractivity contribution is -0.118. The number of nitrogens with zero attached hydrogens (tertiary/aromatic N) is 2. The van der Waals surface area contributed by atoms with Gasteiger partial charge < -0.3 is 4.42 Å². The Hall–Kier alpha value is -2.31. The average Bonchev–Trinajstić information content (AvgIpc) is 3.06. The van der Waals surface area contributed by atoms with Gasteiger partial charge in [0, 0.05) is 5.56 Å². The lowest BCUT2D eigenvalue weighted by Gasteiger charge is -2.03. The lowest BCUT2D eigenvalue weighted by Crippen LogP contribution is -2.24. The van der Waals surface area contributed by atoms with Crippen molar-refractivity contribution in [3.8, 4) is 11.3 Å². The van der Waals surface area contributed by atoms with Crippen LogP contribution in [0, 0.1) is 0 Å². The summed E-state index contributed by atoms with van der Waals surface area (Å²) in [5.41, 5.74) is 0.767. The Balaban J connectivity index is 1.77. The summed E-state index contributed by atoms with van der Waals surface area (Å²) in [7, 11) is 0. The van der Waals surface area contributed by atoms with Crippen LogP contribution in [-0.2, 0) is 4.79 Å². The number of hydrogen-bond acceptors (Lipinski definition) is 4. The van der Waals surface area contributed by atoms with Crippen molar-refractivity contribution in [1.82, 2.24) is 10.3 Å². The molecule has 1 N–H and O–H groups in total. The van der Waals surface area contributed by atoms with E-state index in [0.29, 0.717) is 21.6 Å². The number of carbonyl (C=O) groups excluding carboxylic acids is 2. The van der Waals surface area contributed by atoms with E-state index in [2.05, 4.69) is 10.4 Å². The summed E-state index contributed by atoms with van der Waals surface area (Å²) in [6.45, 7) is -0.101. The summed E-state index contributed by atoms with van der Waals surface area (Å²) in [6, 6.07) is 8.03. The molecule has 22 heavy (non-hydrogen) atoms. The normalized spacial score (nSPS) is 14.9. The summed E-state index contributed by atoms with van der Waals surface area (Å²) in [5, 5.41) is 7.93. The van der Waals surface area contributed by atoms with E-state index in [-0.39, 0.29) is 6.54 Å². The minimum atomic E-state index is -0.558. The van der Waals surface area contributed by atoms with Crippen molar-refractivity contribution >= 4 is 41.4 Å². The molecule has 0 radical (unpaired) electrons. The molecule has 1 fully saturated rings. The maximum absolute atomic E-state index is 11.3. The number of carbonyl (C=O) groups is 2. The number of nitrogens with one attached hydrogen (secondary N) is 1. The molecule has 1 aromatic carbocycles. The molecule has 6 nitrogen and oxygen atoms in total. The number of benzene rings is 1. The third-order valence-corrected chi connectivity index (χ3v) is 3.67. The van der Waals surface area contributed by atoms with E-state index in [0.717, 1.165) is 10.6 Å². The van der Waals surface area contributed by atoms with Crippen LogP contribution in [-0.4, -0.2) is 29.7 Å². The quantitative estimate of drug-likeness (QED) is 0.690. The van der Waals surface area contributed by atoms with E-state index in [1.54, 1.807) is 30.3 Å². The second-order valence-electron chi connectivity index (χ2n) is 4.49. The van der Waals surface area contributed by atoms with E-state index < -0.39 is 11.9 Å². The number of urea groups is 1. The van der Waals surface area contributed by atoms with Gasteiger partial charge in [-0.1, -0.05) is 23.2 Å². The second-order valence-corrected chi connectivity index (χ2v) is 5.30. The Kier molecular flexibility index (Phi) is 3.87. The molecule has 0 bridgehead atoms. The molecule has 1 aromatic heterocycles. The van der Waals surface area contributed by atoms with Gasteiger partial charge in [0.25, 0.3) is 0 Å². The molecule has 112 valence electrons. The third-order valence-electron chi connectivity index (χ3n) is 2.93. The van der Waals surface area contributed by atoms with Gasteiger partial charge in [-0.05, 0) is 30.3 Å². The molecule has 0 saturated carbocycles. The molecule has 2 aromatic rings. The van der Waals surface area contributed by atoms with E-state index in [1.807, 2.05) is 0 Å². The van der Waals surface area contributed by atoms with Crippen molar-refractivity contribution in [3.63, 3.8) is 0 Å². The van der Waals surface area contributed by atoms with E-state index in [1.165, 1.54) is 6.21 Å². The molecule has 0 unspecified atom stereocenters. The molecule has 1 aliphatic rings. The fourth-order valence-corrected chi connectivity index (χ4v) is 2.18. The van der Waals surface area contributed by atoms with Gasteiger partial charge in [-0.15, -0.1) is 0 Å². The highest BCUT2D eigenvalue weighted by atomic mass is 35.5. The van der Waals surface area contributed by atoms with Crippen molar-refractivity contribution in [2.45, 2.75) is 0 Å². The zero-order valence-electron chi connectivity index (χ0n) is 11.0. The van der Waals surface area contributed by atoms with Gasteiger partial charge in [-0.25, -0.2) is 9.80 Å². The molecule has 3 rings (SSSR count). The van der Waals surface area contributed by atoms with E-state index in [9.17, 15) is 9.59 Å². The monoisotopic (exact) mass is 337 g/mol. The Morgan fingerprint density at radius 3 is 2.68 bits per heavy atom. The van der Waals surface area contributed by atoms with Crippen LogP contribution in [0.15, 0.2) is 39.9 Å². The molecule has 2 heterocycles. The van der Waals surface area contributed by atoms with E-state index >= 15 is 0 Å². The molecule has 1 saturated heterocycles. The predicted octanol–water partition coefficient (Wildman–Crippen LogP) is 3.14. The summed E-state index contributed by atoms with van der Waals surface area (Å²) in [6.07, 6.45) is 1.36. The van der Waals surface area contributed by atoms with Crippen LogP contribution < -0.4 is 5.32 Å². The summed E-state index contributed by atoms with van der Waals surface area (Å²) < 4.78 is 5.59. The zero-order chi connectivity index (χ0) is 15.7. The number of imide groups is 1. The van der Waals surface area contributed by atoms with Gasteiger partial charge in [0.1, 0.15) is 18.1 Å². The van der Waals surface area contributed by atoms with Gasteiger partial charge in [0.2, 0.25) is 5.91 Å². The minimum Gasteiger partial charge on any atom is -0.455 e. The first kappa shape index (κ1) is 14.6. The van der Waals surface area contributed by atoms with Crippen molar-refractivity contribution in [2.24, 2.45) is 5.10 Å². The SMILES string of the molecule is O=C1CN(/N=C/c2ccc(-c3ccc(Cl)c(Cl)c3)o2)C(=O)N1. The highest BCUT2D eigenvalue weighted by molar-refractivity contribution is 6.42. The Labute approximate surface area is 135 Å². The maximum Gasteiger partial charge on any atom is 0.344 e. The Morgan fingerprint density at radius 1 is 1.18 bits per heavy atom. The van der Waals surface area contributed by atoms with Gasteiger partial charge in [0.05, 0.1) is 16.3 Å². The van der Waals surface area contributed by atoms with E-state index in [4.69, 9.17) is 27.6 Å². The van der Waals surface area contributed by atoms with Gasteiger partial charge >= 0.3 is 6.03 Å². The Bertz CT molecular complexity index is 785. The number of furan rings is 1. The number of rotatable bonds is 3. The standard InChI is InChI=1S/C14H9Cl2N3O3/c15-10-3-1-8(5-11(10)16)12-4-2-9(22-12)6-17-19-7-13(20)18-14(19)21/h1-6H,7H2,(H,18,20,21)/b17-6+.